The summed E-state index contributed by atoms with van der Waals surface area (Å²) in [6, 6.07) is -0.362. The molecule has 5 atom stereocenters. The van der Waals surface area contributed by atoms with E-state index in [2.05, 4.69) is 11.6 Å². The lowest BCUT2D eigenvalue weighted by molar-refractivity contribution is -0.00994. The predicted molar refractivity (Wildman–Crippen MR) is 71.6 cm³/mol. The molecule has 6 nitrogen and oxygen atoms in total. The second-order valence-electron chi connectivity index (χ2n) is 6.12. The Kier molecular flexibility index (Phi) is 3.59. The average molecular weight is 289 g/mol. The fraction of sp³-hybridized carbons (Fsp3) is 1.00. The van der Waals surface area contributed by atoms with Crippen LogP contribution >= 0.6 is 0 Å². The van der Waals surface area contributed by atoms with Gasteiger partial charge in [-0.25, -0.2) is 0 Å². The van der Waals surface area contributed by atoms with Gasteiger partial charge < -0.3 is 10.5 Å². The van der Waals surface area contributed by atoms with Crippen LogP contribution in [-0.2, 0) is 14.9 Å². The second-order valence-corrected chi connectivity index (χ2v) is 7.82. The van der Waals surface area contributed by atoms with E-state index in [9.17, 15) is 8.42 Å². The van der Waals surface area contributed by atoms with Crippen molar-refractivity contribution < 1.29 is 13.2 Å². The number of nitrogens with zero attached hydrogens (tertiary/aromatic N) is 1. The summed E-state index contributed by atoms with van der Waals surface area (Å²) < 4.78 is 34.6. The zero-order chi connectivity index (χ0) is 13.6. The van der Waals surface area contributed by atoms with E-state index in [4.69, 9.17) is 10.5 Å². The Bertz CT molecular complexity index is 442. The standard InChI is InChI=1S/C12H23N3O3S/c1-8-3-2-5-15(7-8)19(16,17)14-11-10(13)9-4-6-18-12(9)11/h8-12,14H,2-7,13H2,1H3. The molecule has 3 fully saturated rings. The molecule has 1 saturated carbocycles. The first-order valence-corrected chi connectivity index (χ1v) is 8.57. The maximum absolute atomic E-state index is 12.4. The van der Waals surface area contributed by atoms with Gasteiger partial charge in [-0.2, -0.15) is 17.4 Å². The van der Waals surface area contributed by atoms with E-state index in [1.165, 1.54) is 0 Å². The fourth-order valence-electron chi connectivity index (χ4n) is 3.51. The first-order chi connectivity index (χ1) is 8.99. The minimum atomic E-state index is -3.42. The van der Waals surface area contributed by atoms with Gasteiger partial charge in [-0.3, -0.25) is 0 Å². The number of nitrogens with one attached hydrogen (secondary N) is 1. The molecule has 0 aromatic carbocycles. The normalized spacial score (nSPS) is 43.8. The predicted octanol–water partition coefficient (Wildman–Crippen LogP) is -0.333. The third-order valence-corrected chi connectivity index (χ3v) is 6.27. The van der Waals surface area contributed by atoms with Crippen molar-refractivity contribution in [3.05, 3.63) is 0 Å². The van der Waals surface area contributed by atoms with Crippen LogP contribution in [-0.4, -0.2) is 50.6 Å². The lowest BCUT2D eigenvalue weighted by Crippen LogP contribution is -2.70. The van der Waals surface area contributed by atoms with Gasteiger partial charge in [-0.05, 0) is 25.2 Å². The maximum Gasteiger partial charge on any atom is 0.279 e. The minimum absolute atomic E-state index is 0.0213. The van der Waals surface area contributed by atoms with Gasteiger partial charge in [-0.1, -0.05) is 6.92 Å². The summed E-state index contributed by atoms with van der Waals surface area (Å²) in [4.78, 5) is 0. The number of ether oxygens (including phenoxy) is 1. The van der Waals surface area contributed by atoms with Gasteiger partial charge in [0.05, 0.1) is 12.1 Å². The van der Waals surface area contributed by atoms with Crippen LogP contribution in [0.2, 0.25) is 0 Å². The van der Waals surface area contributed by atoms with E-state index in [-0.39, 0.29) is 18.2 Å². The number of rotatable bonds is 3. The highest BCUT2D eigenvalue weighted by Gasteiger charge is 2.53. The number of fused-ring (bicyclic) bond motifs is 1. The zero-order valence-electron chi connectivity index (χ0n) is 11.3. The van der Waals surface area contributed by atoms with Gasteiger partial charge in [0.25, 0.3) is 10.2 Å². The highest BCUT2D eigenvalue weighted by atomic mass is 32.2. The van der Waals surface area contributed by atoms with Crippen molar-refractivity contribution >= 4 is 10.2 Å². The molecule has 3 rings (SSSR count). The molecule has 2 saturated heterocycles. The molecule has 0 amide bonds. The molecule has 110 valence electrons. The van der Waals surface area contributed by atoms with Crippen molar-refractivity contribution in [2.75, 3.05) is 19.7 Å². The lowest BCUT2D eigenvalue weighted by Gasteiger charge is -2.46. The van der Waals surface area contributed by atoms with Crippen LogP contribution < -0.4 is 10.5 Å². The van der Waals surface area contributed by atoms with Crippen molar-refractivity contribution in [2.45, 2.75) is 44.4 Å². The maximum atomic E-state index is 12.4. The smallest absolute Gasteiger partial charge is 0.279 e. The minimum Gasteiger partial charge on any atom is -0.376 e. The van der Waals surface area contributed by atoms with Crippen molar-refractivity contribution in [2.24, 2.45) is 17.6 Å². The van der Waals surface area contributed by atoms with Crippen molar-refractivity contribution in [1.29, 1.82) is 0 Å². The second kappa shape index (κ2) is 4.96. The molecule has 2 aliphatic heterocycles. The van der Waals surface area contributed by atoms with Crippen LogP contribution in [0.3, 0.4) is 0 Å². The Morgan fingerprint density at radius 3 is 2.89 bits per heavy atom. The quantitative estimate of drug-likeness (QED) is 0.745. The van der Waals surface area contributed by atoms with Crippen LogP contribution in [0.4, 0.5) is 0 Å². The third kappa shape index (κ3) is 2.42. The first-order valence-electron chi connectivity index (χ1n) is 7.13. The van der Waals surface area contributed by atoms with Gasteiger partial charge in [0.1, 0.15) is 0 Å². The molecular weight excluding hydrogens is 266 g/mol. The van der Waals surface area contributed by atoms with E-state index in [0.717, 1.165) is 19.3 Å². The highest BCUT2D eigenvalue weighted by molar-refractivity contribution is 7.87. The van der Waals surface area contributed by atoms with Crippen LogP contribution in [0, 0.1) is 11.8 Å². The first kappa shape index (κ1) is 13.8. The summed E-state index contributed by atoms with van der Waals surface area (Å²) in [6.45, 7) is 4.00. The Balaban J connectivity index is 1.65. The lowest BCUT2D eigenvalue weighted by atomic mass is 9.73. The third-order valence-electron chi connectivity index (χ3n) is 4.69. The molecular formula is C12H23N3O3S. The Morgan fingerprint density at radius 2 is 2.16 bits per heavy atom. The monoisotopic (exact) mass is 289 g/mol. The van der Waals surface area contributed by atoms with Crippen molar-refractivity contribution in [3.8, 4) is 0 Å². The summed E-state index contributed by atoms with van der Waals surface area (Å²) in [5.41, 5.74) is 6.05. The molecule has 2 heterocycles. The van der Waals surface area contributed by atoms with Crippen LogP contribution in [0.1, 0.15) is 26.2 Å². The summed E-state index contributed by atoms with van der Waals surface area (Å²) in [5, 5.41) is 0. The molecule has 19 heavy (non-hydrogen) atoms. The molecule has 0 aromatic rings. The van der Waals surface area contributed by atoms with E-state index in [1.54, 1.807) is 4.31 Å². The summed E-state index contributed by atoms with van der Waals surface area (Å²) in [7, 11) is -3.42. The zero-order valence-corrected chi connectivity index (χ0v) is 12.1. The van der Waals surface area contributed by atoms with E-state index < -0.39 is 10.2 Å². The topological polar surface area (TPSA) is 84.7 Å². The molecule has 0 radical (unpaired) electrons. The Hall–Kier alpha value is -0.210. The molecule has 0 aromatic heterocycles. The molecule has 0 spiro atoms. The van der Waals surface area contributed by atoms with Gasteiger partial charge in [0.15, 0.2) is 0 Å². The summed E-state index contributed by atoms with van der Waals surface area (Å²) >= 11 is 0. The number of hydrogen-bond acceptors (Lipinski definition) is 4. The molecule has 0 bridgehead atoms. The van der Waals surface area contributed by atoms with Crippen molar-refractivity contribution in [3.63, 3.8) is 0 Å². The number of nitrogens with two attached hydrogens (primary N) is 1. The number of hydrogen-bond donors (Lipinski definition) is 2. The van der Waals surface area contributed by atoms with Crippen LogP contribution in [0.5, 0.6) is 0 Å². The van der Waals surface area contributed by atoms with Crippen molar-refractivity contribution in [1.82, 2.24) is 9.03 Å². The molecule has 5 unspecified atom stereocenters. The molecule has 7 heteroatoms. The molecule has 3 aliphatic rings. The Labute approximate surface area is 114 Å². The van der Waals surface area contributed by atoms with E-state index in [1.807, 2.05) is 0 Å². The average Bonchev–Trinajstić information content (AvgIpc) is 2.81. The van der Waals surface area contributed by atoms with Gasteiger partial charge in [0, 0.05) is 31.7 Å². The molecule has 1 aliphatic carbocycles. The van der Waals surface area contributed by atoms with Crippen LogP contribution in [0.15, 0.2) is 0 Å². The Morgan fingerprint density at radius 1 is 1.37 bits per heavy atom. The van der Waals surface area contributed by atoms with Gasteiger partial charge in [-0.15, -0.1) is 0 Å². The van der Waals surface area contributed by atoms with Crippen LogP contribution in [0.25, 0.3) is 0 Å². The molecule has 3 N–H and O–H groups in total. The SMILES string of the molecule is CC1CCCN(S(=O)(=O)NC2C(N)C3CCOC32)C1. The number of piperidine rings is 1. The fourth-order valence-corrected chi connectivity index (χ4v) is 5.11. The summed E-state index contributed by atoms with van der Waals surface area (Å²) in [6.07, 6.45) is 2.96. The highest BCUT2D eigenvalue weighted by Crippen LogP contribution is 2.38. The van der Waals surface area contributed by atoms with E-state index >= 15 is 0 Å². The van der Waals surface area contributed by atoms with E-state index in [0.29, 0.717) is 31.5 Å². The van der Waals surface area contributed by atoms with Gasteiger partial charge in [0.2, 0.25) is 0 Å². The van der Waals surface area contributed by atoms with Gasteiger partial charge >= 0.3 is 0 Å². The largest absolute Gasteiger partial charge is 0.376 e. The summed E-state index contributed by atoms with van der Waals surface area (Å²) in [5.74, 6) is 0.754.